The van der Waals surface area contributed by atoms with Crippen molar-refractivity contribution < 1.29 is 0 Å². The van der Waals surface area contributed by atoms with Gasteiger partial charge in [0.1, 0.15) is 8.07 Å². The van der Waals surface area contributed by atoms with Gasteiger partial charge < -0.3 is 0 Å². The molecule has 4 aliphatic rings. The molecule has 7 unspecified atom stereocenters. The van der Waals surface area contributed by atoms with E-state index in [0.717, 1.165) is 11.1 Å². The standard InChI is InChI=1S/C40H52Si2/c1-8-25-41(6,7)33-21-22-34(28-33)42(31-15-11-9-12-16-31,32-17-13-10-14-18-32)39-37-26-29(2)19-23-35(37)36-24-20-30(27-38(36)39)40(3,4)5/h8-20,23-24,26-27,33-39H,1,21-22,25,28H2,2-7H3. The van der Waals surface area contributed by atoms with Crippen LogP contribution in [0.3, 0.4) is 0 Å². The summed E-state index contributed by atoms with van der Waals surface area (Å²) in [6, 6.07) is 25.2. The van der Waals surface area contributed by atoms with E-state index < -0.39 is 16.1 Å². The Morgan fingerprint density at radius 2 is 1.31 bits per heavy atom. The van der Waals surface area contributed by atoms with Crippen molar-refractivity contribution in [3.63, 3.8) is 0 Å². The van der Waals surface area contributed by atoms with Crippen molar-refractivity contribution in [3.8, 4) is 0 Å². The molecule has 2 fully saturated rings. The van der Waals surface area contributed by atoms with Crippen molar-refractivity contribution in [2.24, 2.45) is 29.1 Å². The van der Waals surface area contributed by atoms with Crippen LogP contribution in [0, 0.1) is 29.1 Å². The molecule has 0 radical (unpaired) electrons. The van der Waals surface area contributed by atoms with Crippen LogP contribution in [0.25, 0.3) is 0 Å². The summed E-state index contributed by atoms with van der Waals surface area (Å²) < 4.78 is 0. The molecular formula is C40H52Si2. The molecule has 0 spiro atoms. The number of hydrogen-bond acceptors (Lipinski definition) is 0. The van der Waals surface area contributed by atoms with E-state index in [4.69, 9.17) is 0 Å². The number of fused-ring (bicyclic) bond motifs is 3. The van der Waals surface area contributed by atoms with E-state index in [1.807, 2.05) is 0 Å². The van der Waals surface area contributed by atoms with Gasteiger partial charge in [0.15, 0.2) is 0 Å². The predicted molar refractivity (Wildman–Crippen MR) is 189 cm³/mol. The van der Waals surface area contributed by atoms with Crippen LogP contribution in [0.15, 0.2) is 121 Å². The van der Waals surface area contributed by atoms with Crippen LogP contribution in [-0.2, 0) is 0 Å². The molecule has 0 saturated heterocycles. The molecule has 0 bridgehead atoms. The monoisotopic (exact) mass is 588 g/mol. The van der Waals surface area contributed by atoms with E-state index in [-0.39, 0.29) is 5.41 Å². The van der Waals surface area contributed by atoms with Gasteiger partial charge in [-0.25, -0.2) is 0 Å². The zero-order chi connectivity index (χ0) is 29.7. The van der Waals surface area contributed by atoms with Gasteiger partial charge in [0.25, 0.3) is 0 Å². The first-order valence-corrected chi connectivity index (χ1v) is 22.0. The third-order valence-electron chi connectivity index (χ3n) is 11.8. The fraction of sp³-hybridized carbons (Fsp3) is 0.450. The average molecular weight is 589 g/mol. The highest BCUT2D eigenvalue weighted by atomic mass is 28.3. The minimum Gasteiger partial charge on any atom is -0.103 e. The second-order valence-electron chi connectivity index (χ2n) is 15.6. The van der Waals surface area contributed by atoms with Crippen molar-refractivity contribution in [2.75, 3.05) is 0 Å². The van der Waals surface area contributed by atoms with Gasteiger partial charge in [-0.05, 0) is 64.3 Å². The largest absolute Gasteiger partial charge is 0.125 e. The second kappa shape index (κ2) is 11.3. The highest BCUT2D eigenvalue weighted by Crippen LogP contribution is 2.64. The molecule has 0 nitrogen and oxygen atoms in total. The summed E-state index contributed by atoms with van der Waals surface area (Å²) in [6.45, 7) is 19.0. The van der Waals surface area contributed by atoms with Crippen LogP contribution in [0.1, 0.15) is 47.0 Å². The van der Waals surface area contributed by atoms with Crippen LogP contribution in [0.5, 0.6) is 0 Å². The molecule has 42 heavy (non-hydrogen) atoms. The Hall–Kier alpha value is -2.43. The fourth-order valence-electron chi connectivity index (χ4n) is 9.76. The van der Waals surface area contributed by atoms with Crippen LogP contribution in [0.2, 0.25) is 35.8 Å². The second-order valence-corrected chi connectivity index (χ2v) is 25.2. The quantitative estimate of drug-likeness (QED) is 0.223. The van der Waals surface area contributed by atoms with Crippen LogP contribution >= 0.6 is 0 Å². The first-order valence-electron chi connectivity index (χ1n) is 16.6. The molecule has 2 aromatic carbocycles. The highest BCUT2D eigenvalue weighted by molar-refractivity contribution is 7.04. The molecule has 0 heterocycles. The van der Waals surface area contributed by atoms with Gasteiger partial charge in [-0.15, -0.1) is 6.58 Å². The minimum atomic E-state index is -2.32. The molecule has 7 atom stereocenters. The maximum atomic E-state index is 4.19. The molecule has 0 aliphatic heterocycles. The molecule has 220 valence electrons. The lowest BCUT2D eigenvalue weighted by atomic mass is 9.76. The van der Waals surface area contributed by atoms with Crippen LogP contribution in [0.4, 0.5) is 0 Å². The number of benzene rings is 2. The molecule has 0 N–H and O–H groups in total. The third-order valence-corrected chi connectivity index (χ3v) is 22.1. The Labute approximate surface area is 258 Å². The van der Waals surface area contributed by atoms with E-state index in [9.17, 15) is 0 Å². The van der Waals surface area contributed by atoms with Gasteiger partial charge >= 0.3 is 0 Å². The lowest BCUT2D eigenvalue weighted by molar-refractivity contribution is 0.441. The third kappa shape index (κ3) is 4.97. The van der Waals surface area contributed by atoms with Crippen molar-refractivity contribution in [1.29, 1.82) is 0 Å². The van der Waals surface area contributed by atoms with Crippen molar-refractivity contribution >= 4 is 26.5 Å². The Kier molecular flexibility index (Phi) is 7.94. The van der Waals surface area contributed by atoms with Crippen LogP contribution in [-0.4, -0.2) is 16.1 Å². The first-order chi connectivity index (χ1) is 20.1. The van der Waals surface area contributed by atoms with Crippen LogP contribution < -0.4 is 10.4 Å². The van der Waals surface area contributed by atoms with E-state index >= 15 is 0 Å². The van der Waals surface area contributed by atoms with Gasteiger partial charge in [-0.1, -0.05) is 172 Å². The topological polar surface area (TPSA) is 0 Å². The SMILES string of the molecule is C=CC[Si](C)(C)C1CCC([Si](c2ccccc2)(c2ccccc2)C2C3C=C(C)C=CC3C3C=CC(C(C)(C)C)=CC32)C1. The summed E-state index contributed by atoms with van der Waals surface area (Å²) in [6.07, 6.45) is 22.0. The summed E-state index contributed by atoms with van der Waals surface area (Å²) in [4.78, 5) is 0. The van der Waals surface area contributed by atoms with Crippen molar-refractivity contribution in [2.45, 2.75) is 82.7 Å². The Bertz CT molecular complexity index is 1360. The molecule has 0 aromatic heterocycles. The Morgan fingerprint density at radius 1 is 0.762 bits per heavy atom. The molecule has 6 rings (SSSR count). The number of allylic oxidation sites excluding steroid dienone is 9. The van der Waals surface area contributed by atoms with E-state index in [2.05, 4.69) is 151 Å². The maximum Gasteiger partial charge on any atom is 0.125 e. The summed E-state index contributed by atoms with van der Waals surface area (Å²) in [5, 5.41) is 3.35. The summed E-state index contributed by atoms with van der Waals surface area (Å²) in [7, 11) is -3.71. The van der Waals surface area contributed by atoms with Crippen molar-refractivity contribution in [3.05, 3.63) is 121 Å². The Morgan fingerprint density at radius 3 is 1.88 bits per heavy atom. The van der Waals surface area contributed by atoms with Gasteiger partial charge in [-0.3, -0.25) is 0 Å². The molecule has 2 aromatic rings. The summed E-state index contributed by atoms with van der Waals surface area (Å²) >= 11 is 0. The molecule has 2 heteroatoms. The lowest BCUT2D eigenvalue weighted by Crippen LogP contribution is -2.66. The zero-order valence-corrected chi connectivity index (χ0v) is 28.9. The minimum absolute atomic E-state index is 0.157. The Balaban J connectivity index is 1.61. The van der Waals surface area contributed by atoms with Gasteiger partial charge in [-0.2, -0.15) is 0 Å². The van der Waals surface area contributed by atoms with E-state index in [1.165, 1.54) is 36.5 Å². The van der Waals surface area contributed by atoms with E-state index in [0.29, 0.717) is 29.2 Å². The van der Waals surface area contributed by atoms with Gasteiger partial charge in [0, 0.05) is 0 Å². The number of hydrogen-bond donors (Lipinski definition) is 0. The summed E-state index contributed by atoms with van der Waals surface area (Å²) in [5.41, 5.74) is 5.41. The normalized spacial score (nSPS) is 30.9. The molecule has 4 aliphatic carbocycles. The maximum absolute atomic E-state index is 4.19. The number of rotatable bonds is 7. The van der Waals surface area contributed by atoms with Crippen molar-refractivity contribution in [1.82, 2.24) is 0 Å². The zero-order valence-electron chi connectivity index (χ0n) is 26.9. The lowest BCUT2D eigenvalue weighted by Gasteiger charge is -2.48. The molecule has 0 amide bonds. The first kappa shape index (κ1) is 29.6. The highest BCUT2D eigenvalue weighted by Gasteiger charge is 2.62. The van der Waals surface area contributed by atoms with Gasteiger partial charge in [0.2, 0.25) is 0 Å². The molecular weight excluding hydrogens is 537 g/mol. The molecule has 2 saturated carbocycles. The smallest absolute Gasteiger partial charge is 0.103 e. The fourth-order valence-corrected chi connectivity index (χ4v) is 20.2. The van der Waals surface area contributed by atoms with Gasteiger partial charge in [0.05, 0.1) is 8.07 Å². The predicted octanol–water partition coefficient (Wildman–Crippen LogP) is 9.98. The average Bonchev–Trinajstić information content (AvgIpc) is 3.59. The summed E-state index contributed by atoms with van der Waals surface area (Å²) in [5.74, 6) is 2.31. The van der Waals surface area contributed by atoms with E-state index in [1.54, 1.807) is 10.4 Å².